The van der Waals surface area contributed by atoms with Gasteiger partial charge in [-0.2, -0.15) is 0 Å². The summed E-state index contributed by atoms with van der Waals surface area (Å²) in [6.45, 7) is 7.83. The number of hydrogen-bond acceptors (Lipinski definition) is 8. The minimum atomic E-state index is -1.16. The van der Waals surface area contributed by atoms with Crippen molar-refractivity contribution in [3.63, 3.8) is 0 Å². The fourth-order valence-electron chi connectivity index (χ4n) is 7.30. The van der Waals surface area contributed by atoms with Crippen LogP contribution in [0.2, 0.25) is 0 Å². The molecule has 0 saturated carbocycles. The normalized spacial score (nSPS) is 25.0. The smallest absolute Gasteiger partial charge is 0.245 e. The van der Waals surface area contributed by atoms with Gasteiger partial charge in [0.25, 0.3) is 0 Å². The Morgan fingerprint density at radius 2 is 1.76 bits per heavy atom. The van der Waals surface area contributed by atoms with E-state index in [1.165, 1.54) is 11.8 Å². The minimum Gasteiger partial charge on any atom is -0.391 e. The van der Waals surface area contributed by atoms with Crippen molar-refractivity contribution in [1.29, 1.82) is 0 Å². The summed E-state index contributed by atoms with van der Waals surface area (Å²) in [5.74, 6) is -2.28. The molecule has 0 aliphatic carbocycles. The first kappa shape index (κ1) is 40.9. The van der Waals surface area contributed by atoms with E-state index in [0.717, 1.165) is 22.3 Å². The molecular weight excluding hydrogens is 706 g/mol. The molecule has 16 nitrogen and oxygen atoms in total. The number of benzene rings is 1. The molecule has 2 aliphatic heterocycles. The molecule has 55 heavy (non-hydrogen) atoms. The monoisotopic (exact) mass is 761 g/mol. The van der Waals surface area contributed by atoms with Crippen LogP contribution in [-0.4, -0.2) is 109 Å². The van der Waals surface area contributed by atoms with Crippen molar-refractivity contribution in [2.75, 3.05) is 13.1 Å². The van der Waals surface area contributed by atoms with Crippen molar-refractivity contribution < 1.29 is 33.9 Å². The second kappa shape index (κ2) is 18.9. The average molecular weight is 762 g/mol. The molecule has 0 spiro atoms. The van der Waals surface area contributed by atoms with Crippen molar-refractivity contribution in [1.82, 2.24) is 46.0 Å². The van der Waals surface area contributed by atoms with Crippen LogP contribution in [0.4, 0.5) is 0 Å². The van der Waals surface area contributed by atoms with Gasteiger partial charge in [0.2, 0.25) is 35.4 Å². The number of aromatic nitrogens is 3. The van der Waals surface area contributed by atoms with Crippen molar-refractivity contribution in [2.24, 2.45) is 5.92 Å². The highest BCUT2D eigenvalue weighted by molar-refractivity contribution is 5.97. The lowest BCUT2D eigenvalue weighted by Crippen LogP contribution is -2.59. The number of carbonyl (C=O) groups is 6. The Hall–Kier alpha value is -5.25. The number of nitrogens with zero attached hydrogens (tertiary/aromatic N) is 3. The first-order chi connectivity index (χ1) is 26.3. The zero-order valence-electron chi connectivity index (χ0n) is 32.1. The summed E-state index contributed by atoms with van der Waals surface area (Å²) in [4.78, 5) is 91.1. The lowest BCUT2D eigenvalue weighted by Gasteiger charge is -2.30. The maximum absolute atomic E-state index is 14.2. The average Bonchev–Trinajstić information content (AvgIpc) is 3.90. The summed E-state index contributed by atoms with van der Waals surface area (Å²) in [5, 5.41) is 25.5. The summed E-state index contributed by atoms with van der Waals surface area (Å²) in [7, 11) is 0. The van der Waals surface area contributed by atoms with E-state index < -0.39 is 65.8 Å². The van der Waals surface area contributed by atoms with Crippen LogP contribution in [0.3, 0.4) is 0 Å². The zero-order valence-corrected chi connectivity index (χ0v) is 32.1. The molecule has 6 atom stereocenters. The van der Waals surface area contributed by atoms with Gasteiger partial charge in [-0.3, -0.25) is 28.8 Å². The van der Waals surface area contributed by atoms with Gasteiger partial charge in [-0.05, 0) is 50.2 Å². The second-order valence-electron chi connectivity index (χ2n) is 15.0. The SMILES string of the molecule is CCc1nccn1CCC(=O)N[C@H]1CCCCNC(=O)[C@@H]2C[C@@H](O)CN2C(=O)[C@@H](CC(C)C)NC(=O)[C@H](Cc2c[nH]c3ccccc23)NC(=O)[C@@H](C)NC1=O. The number of aliphatic hydroxyl groups excluding tert-OH is 1. The van der Waals surface area contributed by atoms with Crippen LogP contribution in [0, 0.1) is 5.92 Å². The van der Waals surface area contributed by atoms with E-state index in [0.29, 0.717) is 25.8 Å². The lowest BCUT2D eigenvalue weighted by atomic mass is 10.00. The van der Waals surface area contributed by atoms with E-state index in [1.54, 1.807) is 18.6 Å². The Morgan fingerprint density at radius 1 is 1.00 bits per heavy atom. The first-order valence-corrected chi connectivity index (χ1v) is 19.4. The maximum atomic E-state index is 14.2. The van der Waals surface area contributed by atoms with Gasteiger partial charge in [-0.1, -0.05) is 39.0 Å². The molecule has 1 aromatic carbocycles. The molecule has 4 heterocycles. The third-order valence-corrected chi connectivity index (χ3v) is 10.2. The maximum Gasteiger partial charge on any atom is 0.245 e. The predicted molar refractivity (Wildman–Crippen MR) is 204 cm³/mol. The van der Waals surface area contributed by atoms with E-state index in [1.807, 2.05) is 49.6 Å². The Balaban J connectivity index is 1.40. The predicted octanol–water partition coefficient (Wildman–Crippen LogP) is 0.827. The Labute approximate surface area is 320 Å². The van der Waals surface area contributed by atoms with E-state index in [-0.39, 0.29) is 57.0 Å². The molecule has 2 aromatic heterocycles. The number of fused-ring (bicyclic) bond motifs is 2. The van der Waals surface area contributed by atoms with Gasteiger partial charge in [-0.15, -0.1) is 0 Å². The van der Waals surface area contributed by atoms with Gasteiger partial charge in [0.1, 0.15) is 36.0 Å². The molecule has 6 amide bonds. The number of rotatable bonds is 9. The lowest BCUT2D eigenvalue weighted by molar-refractivity contribution is -0.142. The van der Waals surface area contributed by atoms with Crippen LogP contribution in [0.1, 0.15) is 77.6 Å². The fraction of sp³-hybridized carbons (Fsp3) is 0.564. The number of imidazole rings is 1. The van der Waals surface area contributed by atoms with Gasteiger partial charge in [0.15, 0.2) is 0 Å². The molecule has 2 saturated heterocycles. The minimum absolute atomic E-state index is 0.0271. The van der Waals surface area contributed by atoms with Crippen LogP contribution in [0.15, 0.2) is 42.9 Å². The largest absolute Gasteiger partial charge is 0.391 e. The van der Waals surface area contributed by atoms with Gasteiger partial charge >= 0.3 is 0 Å². The van der Waals surface area contributed by atoms with E-state index >= 15 is 0 Å². The van der Waals surface area contributed by atoms with E-state index in [2.05, 4.69) is 36.6 Å². The summed E-state index contributed by atoms with van der Waals surface area (Å²) >= 11 is 0. The molecule has 5 rings (SSSR count). The fourth-order valence-corrected chi connectivity index (χ4v) is 7.30. The highest BCUT2D eigenvalue weighted by Crippen LogP contribution is 2.23. The van der Waals surface area contributed by atoms with E-state index in [4.69, 9.17) is 0 Å². The molecule has 298 valence electrons. The van der Waals surface area contributed by atoms with Crippen LogP contribution < -0.4 is 26.6 Å². The molecule has 3 aromatic rings. The zero-order chi connectivity index (χ0) is 39.6. The number of aryl methyl sites for hydroxylation is 2. The number of aromatic amines is 1. The first-order valence-electron chi connectivity index (χ1n) is 19.4. The molecule has 0 unspecified atom stereocenters. The summed E-state index contributed by atoms with van der Waals surface area (Å²) in [5.41, 5.74) is 1.59. The van der Waals surface area contributed by atoms with Gasteiger partial charge in [0, 0.05) is 74.8 Å². The van der Waals surface area contributed by atoms with Crippen molar-refractivity contribution >= 4 is 46.3 Å². The summed E-state index contributed by atoms with van der Waals surface area (Å²) in [6, 6.07) is 2.32. The highest BCUT2D eigenvalue weighted by Gasteiger charge is 2.42. The summed E-state index contributed by atoms with van der Waals surface area (Å²) < 4.78 is 1.88. The number of nitrogens with one attached hydrogen (secondary N) is 6. The van der Waals surface area contributed by atoms with Gasteiger partial charge in [-0.25, -0.2) is 4.98 Å². The topological polar surface area (TPSA) is 220 Å². The van der Waals surface area contributed by atoms with Crippen molar-refractivity contribution in [3.05, 3.63) is 54.2 Å². The summed E-state index contributed by atoms with van der Waals surface area (Å²) in [6.07, 6.45) is 6.60. The standard InChI is InChI=1S/C39H55N9O7/c1-5-33-40-15-17-47(33)16-13-34(50)44-29-12-8-9-14-41-38(54)32-20-26(49)22-48(32)39(55)31(18-23(2)3)46-37(53)30(45-35(51)24(4)43-36(29)52)19-25-21-42-28-11-7-6-10-27(25)28/h6-7,10-11,15,17,21,23-24,26,29-32,42,49H,5,8-9,12-14,16,18-20,22H2,1-4H3,(H,41,54)(H,43,52)(H,44,50)(H,45,51)(H,46,53)/t24-,26-,29+,30+,31-,32+/m1/s1. The Morgan fingerprint density at radius 3 is 2.53 bits per heavy atom. The third-order valence-electron chi connectivity index (χ3n) is 10.2. The highest BCUT2D eigenvalue weighted by atomic mass is 16.3. The number of carbonyl (C=O) groups excluding carboxylic acids is 6. The number of aliphatic hydroxyl groups is 1. The second-order valence-corrected chi connectivity index (χ2v) is 15.0. The number of hydrogen-bond donors (Lipinski definition) is 7. The van der Waals surface area contributed by atoms with E-state index in [9.17, 15) is 33.9 Å². The van der Waals surface area contributed by atoms with Crippen LogP contribution in [-0.2, 0) is 48.2 Å². The molecule has 0 bridgehead atoms. The number of para-hydroxylation sites is 1. The van der Waals surface area contributed by atoms with Crippen LogP contribution in [0.5, 0.6) is 0 Å². The quantitative estimate of drug-likeness (QED) is 0.165. The Bertz CT molecular complexity index is 1840. The van der Waals surface area contributed by atoms with Crippen molar-refractivity contribution in [2.45, 2.75) is 122 Å². The third kappa shape index (κ3) is 10.7. The number of amides is 6. The number of H-pyrrole nitrogens is 1. The van der Waals surface area contributed by atoms with Gasteiger partial charge < -0.3 is 46.1 Å². The molecule has 16 heteroatoms. The molecule has 0 radical (unpaired) electrons. The van der Waals surface area contributed by atoms with Crippen LogP contribution in [0.25, 0.3) is 10.9 Å². The molecular formula is C39H55N9O7. The molecule has 7 N–H and O–H groups in total. The van der Waals surface area contributed by atoms with Crippen molar-refractivity contribution in [3.8, 4) is 0 Å². The molecule has 2 fully saturated rings. The molecule has 2 aliphatic rings. The van der Waals surface area contributed by atoms with Gasteiger partial charge in [0.05, 0.1) is 6.10 Å². The van der Waals surface area contributed by atoms with Crippen LogP contribution >= 0.6 is 0 Å². The Kier molecular flexibility index (Phi) is 14.0.